The summed E-state index contributed by atoms with van der Waals surface area (Å²) in [6.07, 6.45) is 4.47. The van der Waals surface area contributed by atoms with E-state index in [0.717, 1.165) is 25.7 Å². The Kier molecular flexibility index (Phi) is 2.87. The van der Waals surface area contributed by atoms with Gasteiger partial charge in [-0.05, 0) is 66.7 Å². The lowest BCUT2D eigenvalue weighted by Crippen LogP contribution is -2.42. The van der Waals surface area contributed by atoms with E-state index in [0.29, 0.717) is 29.7 Å². The molecule has 0 amide bonds. The Bertz CT molecular complexity index is 681. The Morgan fingerprint density at radius 2 is 2.14 bits per heavy atom. The van der Waals surface area contributed by atoms with Crippen LogP contribution in [0, 0.1) is 17.3 Å². The Morgan fingerprint density at radius 1 is 1.32 bits per heavy atom. The summed E-state index contributed by atoms with van der Waals surface area (Å²) < 4.78 is 0. The fourth-order valence-electron chi connectivity index (χ4n) is 5.26. The van der Waals surface area contributed by atoms with E-state index in [1.807, 2.05) is 6.07 Å². The first-order valence-electron chi connectivity index (χ1n) is 8.12. The van der Waals surface area contributed by atoms with Gasteiger partial charge in [-0.1, -0.05) is 18.1 Å². The van der Waals surface area contributed by atoms with E-state index >= 15 is 0 Å². The number of hydrogen-bond donors (Lipinski definition) is 2. The van der Waals surface area contributed by atoms with Crippen LogP contribution in [0.15, 0.2) is 23.4 Å². The minimum Gasteiger partial charge on any atom is -0.508 e. The third-order valence-electron chi connectivity index (χ3n) is 6.41. The number of phenolic OH excluding ortho intramolecular Hbond substituents is 1. The van der Waals surface area contributed by atoms with Gasteiger partial charge in [0.15, 0.2) is 5.78 Å². The first-order chi connectivity index (χ1) is 10.5. The Hall–Kier alpha value is -1.84. The smallest absolute Gasteiger partial charge is 0.186 e. The fourth-order valence-corrected chi connectivity index (χ4v) is 5.26. The molecule has 0 aromatic heterocycles. The van der Waals surface area contributed by atoms with Gasteiger partial charge in [0.1, 0.15) is 11.5 Å². The molecule has 0 bridgehead atoms. The number of rotatable bonds is 0. The zero-order valence-corrected chi connectivity index (χ0v) is 12.7. The number of oxime groups is 1. The first-order valence-corrected chi connectivity index (χ1v) is 8.12. The van der Waals surface area contributed by atoms with Crippen LogP contribution in [0.2, 0.25) is 0 Å². The molecule has 2 N–H and O–H groups in total. The van der Waals surface area contributed by atoms with Crippen molar-refractivity contribution in [2.45, 2.75) is 44.9 Å². The minimum absolute atomic E-state index is 0.0509. The molecule has 3 aliphatic carbocycles. The van der Waals surface area contributed by atoms with Gasteiger partial charge in [0, 0.05) is 11.8 Å². The van der Waals surface area contributed by atoms with Crippen molar-refractivity contribution in [1.29, 1.82) is 0 Å². The van der Waals surface area contributed by atoms with Gasteiger partial charge < -0.3 is 10.3 Å². The second-order valence-corrected chi connectivity index (χ2v) is 7.33. The van der Waals surface area contributed by atoms with E-state index in [1.165, 1.54) is 11.1 Å². The van der Waals surface area contributed by atoms with Crippen molar-refractivity contribution in [2.24, 2.45) is 22.4 Å². The summed E-state index contributed by atoms with van der Waals surface area (Å²) >= 11 is 0. The molecule has 3 aliphatic rings. The molecule has 2 fully saturated rings. The van der Waals surface area contributed by atoms with Crippen molar-refractivity contribution in [3.8, 4) is 5.75 Å². The van der Waals surface area contributed by atoms with Crippen molar-refractivity contribution in [1.82, 2.24) is 0 Å². The molecule has 4 heteroatoms. The van der Waals surface area contributed by atoms with Gasteiger partial charge >= 0.3 is 0 Å². The second kappa shape index (κ2) is 4.58. The lowest BCUT2D eigenvalue weighted by atomic mass is 9.55. The van der Waals surface area contributed by atoms with Crippen molar-refractivity contribution in [2.75, 3.05) is 0 Å². The van der Waals surface area contributed by atoms with Crippen LogP contribution in [0.3, 0.4) is 0 Å². The summed E-state index contributed by atoms with van der Waals surface area (Å²) in [5.74, 6) is 1.61. The topological polar surface area (TPSA) is 69.9 Å². The maximum atomic E-state index is 12.5. The molecule has 4 nitrogen and oxygen atoms in total. The zero-order valence-electron chi connectivity index (χ0n) is 12.7. The summed E-state index contributed by atoms with van der Waals surface area (Å²) in [6.45, 7) is 2.06. The predicted octanol–water partition coefficient (Wildman–Crippen LogP) is 3.26. The van der Waals surface area contributed by atoms with Crippen LogP contribution in [0.1, 0.15) is 49.7 Å². The number of aromatic hydroxyl groups is 1. The van der Waals surface area contributed by atoms with E-state index in [9.17, 15) is 9.90 Å². The number of Topliss-reactive ketones (excluding diaryl/α,β-unsaturated/α-hetero) is 1. The Balaban J connectivity index is 1.74. The van der Waals surface area contributed by atoms with Gasteiger partial charge in [-0.3, -0.25) is 4.79 Å². The zero-order chi connectivity index (χ0) is 15.5. The number of nitrogens with zero attached hydrogens (tertiary/aromatic N) is 1. The molecule has 0 spiro atoms. The van der Waals surface area contributed by atoms with E-state index in [4.69, 9.17) is 5.21 Å². The number of aryl methyl sites for hydroxylation is 1. The summed E-state index contributed by atoms with van der Waals surface area (Å²) in [4.78, 5) is 12.5. The number of fused-ring (bicyclic) bond motifs is 5. The number of phenols is 1. The van der Waals surface area contributed by atoms with Gasteiger partial charge in [0.25, 0.3) is 0 Å². The summed E-state index contributed by atoms with van der Waals surface area (Å²) in [5.41, 5.74) is 2.62. The maximum absolute atomic E-state index is 12.5. The lowest BCUT2D eigenvalue weighted by Gasteiger charge is -2.47. The van der Waals surface area contributed by atoms with E-state index in [2.05, 4.69) is 18.1 Å². The van der Waals surface area contributed by atoms with E-state index < -0.39 is 0 Å². The monoisotopic (exact) mass is 299 g/mol. The van der Waals surface area contributed by atoms with Crippen LogP contribution >= 0.6 is 0 Å². The normalized spacial score (nSPS) is 38.5. The Labute approximate surface area is 129 Å². The Morgan fingerprint density at radius 3 is 2.91 bits per heavy atom. The molecule has 0 aliphatic heterocycles. The molecule has 0 heterocycles. The predicted molar refractivity (Wildman–Crippen MR) is 82.3 cm³/mol. The molecule has 4 atom stereocenters. The average molecular weight is 299 g/mol. The second-order valence-electron chi connectivity index (χ2n) is 7.33. The maximum Gasteiger partial charge on any atom is 0.186 e. The third kappa shape index (κ3) is 1.70. The summed E-state index contributed by atoms with van der Waals surface area (Å²) in [6, 6.07) is 5.72. The van der Waals surface area contributed by atoms with Gasteiger partial charge in [-0.2, -0.15) is 0 Å². The van der Waals surface area contributed by atoms with E-state index in [-0.39, 0.29) is 17.1 Å². The molecule has 22 heavy (non-hydrogen) atoms. The summed E-state index contributed by atoms with van der Waals surface area (Å²) in [7, 11) is 0. The first kappa shape index (κ1) is 13.8. The molecule has 0 radical (unpaired) electrons. The van der Waals surface area contributed by atoms with Crippen LogP contribution in [-0.4, -0.2) is 21.8 Å². The molecule has 1 aromatic rings. The fraction of sp³-hybridized carbons (Fsp3) is 0.556. The highest BCUT2D eigenvalue weighted by molar-refractivity contribution is 6.43. The molecule has 4 rings (SSSR count). The average Bonchev–Trinajstić information content (AvgIpc) is 2.78. The number of carbonyl (C=O) groups excluding carboxylic acids is 1. The molecular formula is C18H21NO3. The SMILES string of the molecule is C[C@]12CC[C@@H]3c4ccc(O)cc4CC[C@@H]3[C@@H]1C/C(=N/O)C2=O. The molecule has 116 valence electrons. The van der Waals surface area contributed by atoms with Gasteiger partial charge in [0.2, 0.25) is 0 Å². The van der Waals surface area contributed by atoms with Crippen LogP contribution in [-0.2, 0) is 11.2 Å². The van der Waals surface area contributed by atoms with Crippen LogP contribution < -0.4 is 0 Å². The van der Waals surface area contributed by atoms with Crippen molar-refractivity contribution >= 4 is 11.5 Å². The lowest BCUT2D eigenvalue weighted by molar-refractivity contribution is -0.125. The number of hydrogen-bond acceptors (Lipinski definition) is 4. The van der Waals surface area contributed by atoms with Gasteiger partial charge in [0.05, 0.1) is 0 Å². The van der Waals surface area contributed by atoms with Gasteiger partial charge in [-0.15, -0.1) is 0 Å². The van der Waals surface area contributed by atoms with Crippen molar-refractivity contribution in [3.05, 3.63) is 29.3 Å². The molecule has 2 saturated carbocycles. The third-order valence-corrected chi connectivity index (χ3v) is 6.41. The quantitative estimate of drug-likeness (QED) is 0.570. The summed E-state index contributed by atoms with van der Waals surface area (Å²) in [5, 5.41) is 22.1. The molecular weight excluding hydrogens is 278 g/mol. The van der Waals surface area contributed by atoms with Crippen LogP contribution in [0.25, 0.3) is 0 Å². The number of ketones is 1. The van der Waals surface area contributed by atoms with Crippen molar-refractivity contribution < 1.29 is 15.1 Å². The molecule has 1 aromatic carbocycles. The molecule has 0 saturated heterocycles. The highest BCUT2D eigenvalue weighted by atomic mass is 16.4. The largest absolute Gasteiger partial charge is 0.508 e. The van der Waals surface area contributed by atoms with Crippen LogP contribution in [0.4, 0.5) is 0 Å². The van der Waals surface area contributed by atoms with Gasteiger partial charge in [-0.25, -0.2) is 0 Å². The highest BCUT2D eigenvalue weighted by Crippen LogP contribution is 2.59. The molecule has 0 unspecified atom stereocenters. The van der Waals surface area contributed by atoms with E-state index in [1.54, 1.807) is 6.07 Å². The highest BCUT2D eigenvalue weighted by Gasteiger charge is 2.57. The van der Waals surface area contributed by atoms with Crippen LogP contribution in [0.5, 0.6) is 5.75 Å². The standard InChI is InChI=1S/C18H21NO3/c1-18-7-6-13-12-5-3-11(20)8-10(12)2-4-14(13)15(18)9-16(19-22)17(18)21/h3,5,8,13-15,20,22H,2,4,6-7,9H2,1H3/b19-16-/t13-,14+,15+,18+/m1/s1. The minimum atomic E-state index is -0.350. The number of carbonyl (C=O) groups is 1. The number of benzene rings is 1. The van der Waals surface area contributed by atoms with Crippen molar-refractivity contribution in [3.63, 3.8) is 0 Å².